The van der Waals surface area contributed by atoms with Crippen LogP contribution >= 0.6 is 7.82 Å². The summed E-state index contributed by atoms with van der Waals surface area (Å²) in [7, 11) is -4.04. The van der Waals surface area contributed by atoms with Crippen molar-refractivity contribution in [3.63, 3.8) is 0 Å². The van der Waals surface area contributed by atoms with Gasteiger partial charge in [0, 0.05) is 18.6 Å². The summed E-state index contributed by atoms with van der Waals surface area (Å²) in [6.07, 6.45) is 4.48. The van der Waals surface area contributed by atoms with Gasteiger partial charge in [0.2, 0.25) is 5.95 Å². The topological polar surface area (TPSA) is 146 Å². The number of imidazole rings is 1. The first-order valence-electron chi connectivity index (χ1n) is 8.13. The molecule has 2 aromatic rings. The van der Waals surface area contributed by atoms with E-state index in [1.54, 1.807) is 12.5 Å². The molecule has 2 heterocycles. The van der Waals surface area contributed by atoms with E-state index in [2.05, 4.69) is 15.0 Å². The zero-order chi connectivity index (χ0) is 18.0. The standard InChI is InChI=1S/C14H22N5O5P/c1-2-3-23-25(21,22)24-7-9-4-12(10(9)6-20)19-8-17-11-5-16-14(15)18-13(11)19/h5,8-10,12,20H,2-4,6-7H2,1H3,(H,21,22)(H2,15,16,18). The average molecular weight is 371 g/mol. The molecule has 1 fully saturated rings. The van der Waals surface area contributed by atoms with Crippen LogP contribution in [0, 0.1) is 11.8 Å². The van der Waals surface area contributed by atoms with Gasteiger partial charge in [0.05, 0.1) is 25.7 Å². The molecule has 0 amide bonds. The summed E-state index contributed by atoms with van der Waals surface area (Å²) in [6.45, 7) is 1.96. The third-order valence-electron chi connectivity index (χ3n) is 4.46. The van der Waals surface area contributed by atoms with Crippen molar-refractivity contribution >= 4 is 24.9 Å². The quantitative estimate of drug-likeness (QED) is 0.581. The highest BCUT2D eigenvalue weighted by Crippen LogP contribution is 2.49. The lowest BCUT2D eigenvalue weighted by molar-refractivity contribution is -0.00801. The number of rotatable bonds is 8. The first-order valence-corrected chi connectivity index (χ1v) is 9.62. The van der Waals surface area contributed by atoms with Crippen molar-refractivity contribution in [3.05, 3.63) is 12.5 Å². The fraction of sp³-hybridized carbons (Fsp3) is 0.643. The van der Waals surface area contributed by atoms with Crippen LogP contribution in [0.25, 0.3) is 11.2 Å². The highest BCUT2D eigenvalue weighted by atomic mass is 31.2. The van der Waals surface area contributed by atoms with Crippen molar-refractivity contribution in [1.29, 1.82) is 0 Å². The maximum atomic E-state index is 11.7. The number of aliphatic hydroxyl groups excluding tert-OH is 1. The summed E-state index contributed by atoms with van der Waals surface area (Å²) >= 11 is 0. The largest absolute Gasteiger partial charge is 0.472 e. The van der Waals surface area contributed by atoms with Crippen molar-refractivity contribution < 1.29 is 23.6 Å². The second-order valence-electron chi connectivity index (χ2n) is 6.10. The van der Waals surface area contributed by atoms with Gasteiger partial charge in [0.1, 0.15) is 5.52 Å². The Kier molecular flexibility index (Phi) is 5.35. The second-order valence-corrected chi connectivity index (χ2v) is 7.55. The van der Waals surface area contributed by atoms with Crippen molar-refractivity contribution in [1.82, 2.24) is 19.5 Å². The highest BCUT2D eigenvalue weighted by Gasteiger charge is 2.43. The normalized spacial score (nSPS) is 25.6. The number of fused-ring (bicyclic) bond motifs is 1. The summed E-state index contributed by atoms with van der Waals surface area (Å²) < 4.78 is 23.5. The number of phosphoric ester groups is 1. The van der Waals surface area contributed by atoms with E-state index >= 15 is 0 Å². The summed E-state index contributed by atoms with van der Waals surface area (Å²) in [5.41, 5.74) is 6.87. The van der Waals surface area contributed by atoms with Gasteiger partial charge in [-0.3, -0.25) is 9.05 Å². The molecule has 4 atom stereocenters. The Morgan fingerprint density at radius 2 is 2.24 bits per heavy atom. The van der Waals surface area contributed by atoms with Gasteiger partial charge in [-0.05, 0) is 18.8 Å². The second kappa shape index (κ2) is 7.35. The van der Waals surface area contributed by atoms with Crippen LogP contribution in [-0.4, -0.2) is 49.3 Å². The van der Waals surface area contributed by atoms with Gasteiger partial charge >= 0.3 is 7.82 Å². The first-order chi connectivity index (χ1) is 11.9. The Bertz CT molecular complexity index is 784. The van der Waals surface area contributed by atoms with Crippen LogP contribution in [0.15, 0.2) is 12.5 Å². The minimum Gasteiger partial charge on any atom is -0.396 e. The Morgan fingerprint density at radius 1 is 1.44 bits per heavy atom. The minimum atomic E-state index is -4.04. The molecule has 0 aliphatic heterocycles. The molecule has 0 bridgehead atoms. The van der Waals surface area contributed by atoms with E-state index in [4.69, 9.17) is 14.8 Å². The molecule has 0 saturated heterocycles. The molecule has 1 saturated carbocycles. The van der Waals surface area contributed by atoms with Crippen LogP contribution in [0.1, 0.15) is 25.8 Å². The van der Waals surface area contributed by atoms with Crippen LogP contribution in [0.3, 0.4) is 0 Å². The van der Waals surface area contributed by atoms with E-state index in [-0.39, 0.29) is 43.6 Å². The van der Waals surface area contributed by atoms with Crippen molar-refractivity contribution in [2.45, 2.75) is 25.8 Å². The Morgan fingerprint density at radius 3 is 2.96 bits per heavy atom. The van der Waals surface area contributed by atoms with Gasteiger partial charge < -0.3 is 20.3 Å². The van der Waals surface area contributed by atoms with E-state index in [0.717, 1.165) is 0 Å². The number of aromatic nitrogens is 4. The number of nitrogens with zero attached hydrogens (tertiary/aromatic N) is 4. The molecule has 3 rings (SSSR count). The number of anilines is 1. The van der Waals surface area contributed by atoms with E-state index in [1.165, 1.54) is 0 Å². The van der Waals surface area contributed by atoms with Crippen LogP contribution < -0.4 is 5.73 Å². The third kappa shape index (κ3) is 3.83. The SMILES string of the molecule is CCCOP(=O)(O)OCC1CC(n2cnc3cnc(N)nc32)C1CO. The first kappa shape index (κ1) is 18.2. The molecule has 2 aromatic heterocycles. The van der Waals surface area contributed by atoms with Crippen molar-refractivity contribution in [2.24, 2.45) is 11.8 Å². The molecule has 10 nitrogen and oxygen atoms in total. The Hall–Kier alpha value is -1.58. The summed E-state index contributed by atoms with van der Waals surface area (Å²) in [6, 6.07) is -0.0347. The zero-order valence-electron chi connectivity index (χ0n) is 13.9. The highest BCUT2D eigenvalue weighted by molar-refractivity contribution is 7.47. The van der Waals surface area contributed by atoms with Gasteiger partial charge in [-0.2, -0.15) is 4.98 Å². The van der Waals surface area contributed by atoms with E-state index in [1.807, 2.05) is 11.5 Å². The van der Waals surface area contributed by atoms with Gasteiger partial charge in [-0.25, -0.2) is 14.5 Å². The third-order valence-corrected chi connectivity index (χ3v) is 5.44. The fourth-order valence-electron chi connectivity index (χ4n) is 3.08. The van der Waals surface area contributed by atoms with Crippen LogP contribution in [0.4, 0.5) is 5.95 Å². The molecule has 1 aliphatic rings. The lowest BCUT2D eigenvalue weighted by Crippen LogP contribution is -2.42. The lowest BCUT2D eigenvalue weighted by Gasteiger charge is -2.44. The molecular formula is C14H22N5O5P. The van der Waals surface area contributed by atoms with E-state index in [0.29, 0.717) is 24.0 Å². The lowest BCUT2D eigenvalue weighted by atomic mass is 9.70. The number of hydrogen-bond donors (Lipinski definition) is 3. The maximum Gasteiger partial charge on any atom is 0.472 e. The van der Waals surface area contributed by atoms with Gasteiger partial charge in [-0.15, -0.1) is 0 Å². The Balaban J connectivity index is 1.66. The van der Waals surface area contributed by atoms with E-state index in [9.17, 15) is 14.6 Å². The fourth-order valence-corrected chi connectivity index (χ4v) is 3.94. The predicted octanol–water partition coefficient (Wildman–Crippen LogP) is 1.12. The number of nitrogens with two attached hydrogens (primary N) is 1. The van der Waals surface area contributed by atoms with Gasteiger partial charge in [0.25, 0.3) is 0 Å². The van der Waals surface area contributed by atoms with Gasteiger partial charge in [0.15, 0.2) is 5.65 Å². The summed E-state index contributed by atoms with van der Waals surface area (Å²) in [5, 5.41) is 9.71. The summed E-state index contributed by atoms with van der Waals surface area (Å²) in [5.74, 6) is -0.0413. The smallest absolute Gasteiger partial charge is 0.396 e. The molecule has 4 unspecified atom stereocenters. The zero-order valence-corrected chi connectivity index (χ0v) is 14.7. The molecule has 25 heavy (non-hydrogen) atoms. The molecule has 1 aliphatic carbocycles. The molecule has 11 heteroatoms. The number of nitrogen functional groups attached to an aromatic ring is 1. The summed E-state index contributed by atoms with van der Waals surface area (Å²) in [4.78, 5) is 21.9. The minimum absolute atomic E-state index is 0.0347. The van der Waals surface area contributed by atoms with Crippen molar-refractivity contribution in [2.75, 3.05) is 25.6 Å². The van der Waals surface area contributed by atoms with E-state index < -0.39 is 7.82 Å². The molecule has 0 aromatic carbocycles. The molecule has 4 N–H and O–H groups in total. The molecule has 138 valence electrons. The number of hydrogen-bond acceptors (Lipinski definition) is 8. The molecule has 0 spiro atoms. The number of phosphoric acid groups is 1. The maximum absolute atomic E-state index is 11.7. The average Bonchev–Trinajstić information content (AvgIpc) is 2.95. The predicted molar refractivity (Wildman–Crippen MR) is 89.5 cm³/mol. The monoisotopic (exact) mass is 371 g/mol. The van der Waals surface area contributed by atoms with Gasteiger partial charge in [-0.1, -0.05) is 6.92 Å². The van der Waals surface area contributed by atoms with Crippen LogP contribution in [-0.2, 0) is 13.6 Å². The number of aliphatic hydroxyl groups is 1. The molecule has 0 radical (unpaired) electrons. The van der Waals surface area contributed by atoms with Crippen molar-refractivity contribution in [3.8, 4) is 0 Å². The van der Waals surface area contributed by atoms with Crippen LogP contribution in [0.2, 0.25) is 0 Å². The van der Waals surface area contributed by atoms with Crippen LogP contribution in [0.5, 0.6) is 0 Å². The Labute approximate surface area is 144 Å². The molecular weight excluding hydrogens is 349 g/mol.